The molecule has 0 aliphatic rings. The van der Waals surface area contributed by atoms with Gasteiger partial charge in [0, 0.05) is 11.4 Å². The van der Waals surface area contributed by atoms with Crippen LogP contribution in [0, 0.1) is 0 Å². The quantitative estimate of drug-likeness (QED) is 0.487. The highest BCUT2D eigenvalue weighted by atomic mass is 79.9. The van der Waals surface area contributed by atoms with Crippen molar-refractivity contribution in [2.75, 3.05) is 17.2 Å². The van der Waals surface area contributed by atoms with E-state index in [1.165, 1.54) is 6.92 Å². The number of nitrogens with one attached hydrogen (secondary N) is 2. The van der Waals surface area contributed by atoms with E-state index in [9.17, 15) is 9.59 Å². The zero-order valence-electron chi connectivity index (χ0n) is 16.4. The van der Waals surface area contributed by atoms with Gasteiger partial charge in [-0.1, -0.05) is 58.4 Å². The van der Waals surface area contributed by atoms with Crippen molar-refractivity contribution < 1.29 is 19.1 Å². The van der Waals surface area contributed by atoms with Gasteiger partial charge in [0.25, 0.3) is 5.91 Å². The number of rotatable bonds is 8. The molecule has 7 heteroatoms. The highest BCUT2D eigenvalue weighted by Crippen LogP contribution is 2.28. The van der Waals surface area contributed by atoms with Crippen molar-refractivity contribution >= 4 is 39.1 Å². The fraction of sp³-hybridized carbons (Fsp3) is 0.130. The molecule has 6 nitrogen and oxygen atoms in total. The van der Waals surface area contributed by atoms with Crippen LogP contribution in [0.2, 0.25) is 0 Å². The van der Waals surface area contributed by atoms with E-state index in [0.717, 1.165) is 10.0 Å². The Bertz CT molecular complexity index is 1020. The number of carbonyl (C=O) groups is 2. The van der Waals surface area contributed by atoms with Crippen molar-refractivity contribution in [3.63, 3.8) is 0 Å². The van der Waals surface area contributed by atoms with Crippen molar-refractivity contribution in [2.24, 2.45) is 0 Å². The van der Waals surface area contributed by atoms with Gasteiger partial charge < -0.3 is 20.1 Å². The molecule has 2 amide bonds. The molecule has 30 heavy (non-hydrogen) atoms. The first-order valence-corrected chi connectivity index (χ1v) is 10.1. The molecule has 0 bridgehead atoms. The van der Waals surface area contributed by atoms with Crippen LogP contribution >= 0.6 is 15.9 Å². The van der Waals surface area contributed by atoms with E-state index in [-0.39, 0.29) is 18.4 Å². The maximum atomic E-state index is 12.4. The summed E-state index contributed by atoms with van der Waals surface area (Å²) in [5.74, 6) is 0.432. The van der Waals surface area contributed by atoms with Gasteiger partial charge in [-0.15, -0.1) is 0 Å². The largest absolute Gasteiger partial charge is 0.485 e. The fourth-order valence-corrected chi connectivity index (χ4v) is 3.03. The van der Waals surface area contributed by atoms with Gasteiger partial charge in [0.15, 0.2) is 18.1 Å². The van der Waals surface area contributed by atoms with Gasteiger partial charge in [0.1, 0.15) is 6.61 Å². The summed E-state index contributed by atoms with van der Waals surface area (Å²) in [6, 6.07) is 22.2. The zero-order valence-corrected chi connectivity index (χ0v) is 17.9. The average molecular weight is 469 g/mol. The molecule has 0 saturated carbocycles. The molecular weight excluding hydrogens is 448 g/mol. The number of halogens is 1. The van der Waals surface area contributed by atoms with Gasteiger partial charge in [0.2, 0.25) is 5.91 Å². The van der Waals surface area contributed by atoms with Gasteiger partial charge in [0.05, 0.1) is 11.4 Å². The third-order valence-corrected chi connectivity index (χ3v) is 4.50. The molecule has 3 aromatic carbocycles. The smallest absolute Gasteiger partial charge is 0.262 e. The van der Waals surface area contributed by atoms with E-state index < -0.39 is 0 Å². The summed E-state index contributed by atoms with van der Waals surface area (Å²) >= 11 is 3.36. The first kappa shape index (κ1) is 21.4. The monoisotopic (exact) mass is 468 g/mol. The number of hydrogen-bond acceptors (Lipinski definition) is 4. The van der Waals surface area contributed by atoms with Crippen LogP contribution in [-0.4, -0.2) is 18.4 Å². The lowest BCUT2D eigenvalue weighted by Gasteiger charge is -2.14. The highest BCUT2D eigenvalue weighted by Gasteiger charge is 2.11. The van der Waals surface area contributed by atoms with Gasteiger partial charge in [-0.2, -0.15) is 0 Å². The van der Waals surface area contributed by atoms with Crippen LogP contribution < -0.4 is 20.1 Å². The normalized spacial score (nSPS) is 10.2. The molecule has 0 aromatic heterocycles. The average Bonchev–Trinajstić information content (AvgIpc) is 2.74. The molecule has 0 saturated heterocycles. The minimum Gasteiger partial charge on any atom is -0.485 e. The van der Waals surface area contributed by atoms with Crippen LogP contribution in [0.5, 0.6) is 11.5 Å². The number of para-hydroxylation sites is 2. The van der Waals surface area contributed by atoms with E-state index in [0.29, 0.717) is 29.5 Å². The van der Waals surface area contributed by atoms with Crippen LogP contribution in [0.4, 0.5) is 11.4 Å². The van der Waals surface area contributed by atoms with Gasteiger partial charge in [-0.05, 0) is 35.9 Å². The number of ether oxygens (including phenoxy) is 2. The molecule has 0 atom stereocenters. The second kappa shape index (κ2) is 10.5. The molecule has 0 aliphatic carbocycles. The van der Waals surface area contributed by atoms with Crippen molar-refractivity contribution in [1.82, 2.24) is 0 Å². The van der Waals surface area contributed by atoms with Crippen LogP contribution in [0.3, 0.4) is 0 Å². The number of anilines is 2. The van der Waals surface area contributed by atoms with Crippen molar-refractivity contribution in [1.29, 1.82) is 0 Å². The summed E-state index contributed by atoms with van der Waals surface area (Å²) in [7, 11) is 0. The van der Waals surface area contributed by atoms with Crippen LogP contribution in [-0.2, 0) is 16.2 Å². The fourth-order valence-electron chi connectivity index (χ4n) is 2.67. The third-order valence-electron chi connectivity index (χ3n) is 4.01. The van der Waals surface area contributed by atoms with E-state index in [2.05, 4.69) is 26.6 Å². The molecular formula is C23H21BrN2O4. The summed E-state index contributed by atoms with van der Waals surface area (Å²) in [5.41, 5.74) is 2.01. The highest BCUT2D eigenvalue weighted by molar-refractivity contribution is 9.10. The lowest BCUT2D eigenvalue weighted by Crippen LogP contribution is -2.21. The second-order valence-electron chi connectivity index (χ2n) is 6.43. The number of benzene rings is 3. The molecule has 0 radical (unpaired) electrons. The Labute approximate surface area is 183 Å². The summed E-state index contributed by atoms with van der Waals surface area (Å²) < 4.78 is 12.3. The Balaban J connectivity index is 1.61. The van der Waals surface area contributed by atoms with Crippen LogP contribution in [0.25, 0.3) is 0 Å². The van der Waals surface area contributed by atoms with E-state index in [1.54, 1.807) is 30.3 Å². The van der Waals surface area contributed by atoms with Gasteiger partial charge in [-0.3, -0.25) is 9.59 Å². The van der Waals surface area contributed by atoms with Gasteiger partial charge in [-0.25, -0.2) is 0 Å². The Morgan fingerprint density at radius 1 is 0.833 bits per heavy atom. The second-order valence-corrected chi connectivity index (χ2v) is 7.34. The summed E-state index contributed by atoms with van der Waals surface area (Å²) in [4.78, 5) is 23.8. The lowest BCUT2D eigenvalue weighted by atomic mass is 10.2. The van der Waals surface area contributed by atoms with E-state index in [4.69, 9.17) is 9.47 Å². The Kier molecular flexibility index (Phi) is 7.45. The summed E-state index contributed by atoms with van der Waals surface area (Å²) in [6.07, 6.45) is 0. The van der Waals surface area contributed by atoms with Crippen molar-refractivity contribution in [2.45, 2.75) is 13.5 Å². The minimum absolute atomic E-state index is 0.211. The standard InChI is InChI=1S/C23H21BrN2O4/c1-16(27)25-19-12-11-18(24)13-20(19)26-23(28)15-30-22-10-6-5-9-21(22)29-14-17-7-3-2-4-8-17/h2-13H,14-15H2,1H3,(H,25,27)(H,26,28). The molecule has 0 heterocycles. The molecule has 154 valence electrons. The minimum atomic E-state index is -0.363. The Morgan fingerprint density at radius 3 is 2.20 bits per heavy atom. The predicted molar refractivity (Wildman–Crippen MR) is 120 cm³/mol. The van der Waals surface area contributed by atoms with Crippen LogP contribution in [0.15, 0.2) is 77.3 Å². The Hall–Kier alpha value is -3.32. The topological polar surface area (TPSA) is 76.7 Å². The molecule has 2 N–H and O–H groups in total. The van der Waals surface area contributed by atoms with Gasteiger partial charge >= 0.3 is 0 Å². The summed E-state index contributed by atoms with van der Waals surface area (Å²) in [5, 5.41) is 5.44. The van der Waals surface area contributed by atoms with Crippen LogP contribution in [0.1, 0.15) is 12.5 Å². The predicted octanol–water partition coefficient (Wildman–Crippen LogP) is 5.00. The molecule has 3 aromatic rings. The molecule has 0 aliphatic heterocycles. The molecule has 0 fully saturated rings. The lowest BCUT2D eigenvalue weighted by molar-refractivity contribution is -0.118. The third kappa shape index (κ3) is 6.35. The first-order valence-electron chi connectivity index (χ1n) is 9.27. The van der Waals surface area contributed by atoms with E-state index >= 15 is 0 Å². The first-order chi connectivity index (χ1) is 14.5. The van der Waals surface area contributed by atoms with Crippen molar-refractivity contribution in [3.05, 3.63) is 82.8 Å². The number of amides is 2. The molecule has 0 unspecified atom stereocenters. The molecule has 0 spiro atoms. The maximum Gasteiger partial charge on any atom is 0.262 e. The molecule has 3 rings (SSSR count). The number of hydrogen-bond donors (Lipinski definition) is 2. The zero-order chi connectivity index (χ0) is 21.3. The van der Waals surface area contributed by atoms with Crippen molar-refractivity contribution in [3.8, 4) is 11.5 Å². The van der Waals surface area contributed by atoms with E-state index in [1.807, 2.05) is 42.5 Å². The maximum absolute atomic E-state index is 12.4. The Morgan fingerprint density at radius 2 is 1.50 bits per heavy atom. The SMILES string of the molecule is CC(=O)Nc1ccc(Br)cc1NC(=O)COc1ccccc1OCc1ccccc1. The number of carbonyl (C=O) groups excluding carboxylic acids is 2. The summed E-state index contributed by atoms with van der Waals surface area (Å²) in [6.45, 7) is 1.59.